The van der Waals surface area contributed by atoms with Crippen molar-refractivity contribution in [3.05, 3.63) is 40.6 Å². The molecule has 0 saturated carbocycles. The lowest BCUT2D eigenvalue weighted by molar-refractivity contribution is -0.392. The molecule has 146 valence electrons. The molecule has 0 aliphatic rings. The van der Waals surface area contributed by atoms with Crippen LogP contribution in [0.25, 0.3) is 0 Å². The molecule has 1 amide bonds. The van der Waals surface area contributed by atoms with Crippen LogP contribution in [0.15, 0.2) is 24.7 Å². The maximum absolute atomic E-state index is 12.0. The van der Waals surface area contributed by atoms with Crippen molar-refractivity contribution in [2.75, 3.05) is 11.9 Å². The molecular formula is C14H17Cl2N7O4. The third-order valence-corrected chi connectivity index (χ3v) is 3.81. The molecule has 1 unspecified atom stereocenters. The standard InChI is InChI=1S/C14H17Cl2N7O4/c1-9-19-8-10(23(25)26)22(9)6-7-27-13(24)21-11(14(2,15)16)20-12-17-4-3-5-18-12/h3-5,8,11H,6-7H2,1-2H3,(H,21,24)(H,17,18,20). The van der Waals surface area contributed by atoms with E-state index in [4.69, 9.17) is 27.9 Å². The first-order valence-electron chi connectivity index (χ1n) is 7.69. The minimum atomic E-state index is -1.40. The van der Waals surface area contributed by atoms with E-state index in [1.54, 1.807) is 13.0 Å². The second-order valence-electron chi connectivity index (χ2n) is 5.46. The van der Waals surface area contributed by atoms with Crippen molar-refractivity contribution in [1.82, 2.24) is 24.8 Å². The number of aryl methyl sites for hydroxylation is 1. The second kappa shape index (κ2) is 8.82. The summed E-state index contributed by atoms with van der Waals surface area (Å²) in [6, 6.07) is 1.62. The SMILES string of the molecule is Cc1ncc([N+](=O)[O-])n1CCOC(=O)NC(Nc1ncccn1)C(C)(Cl)Cl. The van der Waals surface area contributed by atoms with Crippen LogP contribution in [0.5, 0.6) is 0 Å². The zero-order chi connectivity index (χ0) is 20.0. The normalized spacial score (nSPS) is 12.3. The van der Waals surface area contributed by atoms with Gasteiger partial charge in [0.2, 0.25) is 5.95 Å². The van der Waals surface area contributed by atoms with Crippen LogP contribution in [-0.2, 0) is 11.3 Å². The number of carbonyl (C=O) groups excluding carboxylic acids is 1. The molecular weight excluding hydrogens is 401 g/mol. The van der Waals surface area contributed by atoms with E-state index in [-0.39, 0.29) is 24.9 Å². The Morgan fingerprint density at radius 1 is 1.41 bits per heavy atom. The van der Waals surface area contributed by atoms with Crippen molar-refractivity contribution in [2.45, 2.75) is 30.9 Å². The number of anilines is 1. The van der Waals surface area contributed by atoms with Crippen LogP contribution < -0.4 is 10.6 Å². The van der Waals surface area contributed by atoms with E-state index in [1.807, 2.05) is 0 Å². The largest absolute Gasteiger partial charge is 0.445 e. The van der Waals surface area contributed by atoms with Crippen LogP contribution in [-0.4, -0.2) is 47.6 Å². The summed E-state index contributed by atoms with van der Waals surface area (Å²) in [6.07, 6.45) is 2.37. The molecule has 0 saturated heterocycles. The zero-order valence-electron chi connectivity index (χ0n) is 14.4. The molecule has 0 fully saturated rings. The van der Waals surface area contributed by atoms with E-state index >= 15 is 0 Å². The van der Waals surface area contributed by atoms with Crippen LogP contribution in [0.3, 0.4) is 0 Å². The Kier molecular flexibility index (Phi) is 6.75. The topological polar surface area (TPSA) is 137 Å². The van der Waals surface area contributed by atoms with E-state index in [0.717, 1.165) is 6.20 Å². The minimum Gasteiger partial charge on any atom is -0.445 e. The maximum Gasteiger partial charge on any atom is 0.408 e. The van der Waals surface area contributed by atoms with E-state index in [9.17, 15) is 14.9 Å². The average Bonchev–Trinajstić information content (AvgIpc) is 2.95. The number of nitro groups is 1. The summed E-state index contributed by atoms with van der Waals surface area (Å²) >= 11 is 12.1. The fraction of sp³-hybridized carbons (Fsp3) is 0.429. The highest BCUT2D eigenvalue weighted by atomic mass is 35.5. The van der Waals surface area contributed by atoms with Gasteiger partial charge in [0.1, 0.15) is 25.5 Å². The molecule has 0 aliphatic heterocycles. The summed E-state index contributed by atoms with van der Waals surface area (Å²) in [5.74, 6) is 0.451. The monoisotopic (exact) mass is 417 g/mol. The Bertz CT molecular complexity index is 795. The van der Waals surface area contributed by atoms with E-state index in [1.165, 1.54) is 23.9 Å². The van der Waals surface area contributed by atoms with Gasteiger partial charge in [-0.1, -0.05) is 23.2 Å². The molecule has 0 spiro atoms. The summed E-state index contributed by atoms with van der Waals surface area (Å²) in [6.45, 7) is 3.02. The van der Waals surface area contributed by atoms with Gasteiger partial charge in [-0.25, -0.2) is 24.3 Å². The predicted molar refractivity (Wildman–Crippen MR) is 97.7 cm³/mol. The van der Waals surface area contributed by atoms with Gasteiger partial charge in [-0.05, 0) is 17.9 Å². The van der Waals surface area contributed by atoms with Crippen molar-refractivity contribution in [1.29, 1.82) is 0 Å². The number of alkyl halides is 2. The van der Waals surface area contributed by atoms with Crippen LogP contribution in [0.1, 0.15) is 12.7 Å². The molecule has 0 aromatic carbocycles. The van der Waals surface area contributed by atoms with Crippen LogP contribution in [0, 0.1) is 17.0 Å². The van der Waals surface area contributed by atoms with Crippen molar-refractivity contribution in [3.63, 3.8) is 0 Å². The summed E-state index contributed by atoms with van der Waals surface area (Å²) in [7, 11) is 0. The third-order valence-electron chi connectivity index (χ3n) is 3.38. The first-order valence-corrected chi connectivity index (χ1v) is 8.45. The van der Waals surface area contributed by atoms with E-state index in [0.29, 0.717) is 5.82 Å². The molecule has 2 aromatic rings. The van der Waals surface area contributed by atoms with Gasteiger partial charge in [-0.3, -0.25) is 5.32 Å². The van der Waals surface area contributed by atoms with Gasteiger partial charge in [0.05, 0.1) is 0 Å². The van der Waals surface area contributed by atoms with Crippen molar-refractivity contribution in [2.24, 2.45) is 0 Å². The quantitative estimate of drug-likeness (QED) is 0.288. The number of amides is 1. The number of imidazole rings is 1. The number of nitrogens with zero attached hydrogens (tertiary/aromatic N) is 5. The number of ether oxygens (including phenoxy) is 1. The van der Waals surface area contributed by atoms with Gasteiger partial charge < -0.3 is 20.2 Å². The molecule has 1 atom stereocenters. The van der Waals surface area contributed by atoms with Crippen molar-refractivity contribution < 1.29 is 14.5 Å². The second-order valence-corrected chi connectivity index (χ2v) is 7.22. The highest BCUT2D eigenvalue weighted by molar-refractivity contribution is 6.48. The molecule has 27 heavy (non-hydrogen) atoms. The lowest BCUT2D eigenvalue weighted by Crippen LogP contribution is -2.50. The fourth-order valence-corrected chi connectivity index (χ4v) is 2.28. The smallest absolute Gasteiger partial charge is 0.408 e. The lowest BCUT2D eigenvalue weighted by atomic mass is 10.3. The van der Waals surface area contributed by atoms with Gasteiger partial charge in [-0.15, -0.1) is 0 Å². The highest BCUT2D eigenvalue weighted by Crippen LogP contribution is 2.25. The minimum absolute atomic E-state index is 0.0640. The number of halogens is 2. The Labute approximate surface area is 164 Å². The number of rotatable bonds is 8. The number of carbonyl (C=O) groups is 1. The Balaban J connectivity index is 1.92. The Morgan fingerprint density at radius 2 is 2.07 bits per heavy atom. The summed E-state index contributed by atoms with van der Waals surface area (Å²) in [5, 5.41) is 16.2. The van der Waals surface area contributed by atoms with E-state index < -0.39 is 21.5 Å². The van der Waals surface area contributed by atoms with Gasteiger partial charge in [0, 0.05) is 19.3 Å². The highest BCUT2D eigenvalue weighted by Gasteiger charge is 2.32. The molecule has 13 heteroatoms. The summed E-state index contributed by atoms with van der Waals surface area (Å²) in [4.78, 5) is 34.2. The molecule has 0 bridgehead atoms. The lowest BCUT2D eigenvalue weighted by Gasteiger charge is -2.27. The van der Waals surface area contributed by atoms with Gasteiger partial charge in [0.15, 0.2) is 10.2 Å². The number of nitrogens with one attached hydrogen (secondary N) is 2. The van der Waals surface area contributed by atoms with Crippen molar-refractivity contribution >= 4 is 41.1 Å². The average molecular weight is 418 g/mol. The predicted octanol–water partition coefficient (Wildman–Crippen LogP) is 2.25. The maximum atomic E-state index is 12.0. The fourth-order valence-electron chi connectivity index (χ4n) is 2.06. The molecule has 2 N–H and O–H groups in total. The first kappa shape index (κ1) is 20.6. The molecule has 11 nitrogen and oxygen atoms in total. The molecule has 2 aromatic heterocycles. The number of hydrogen-bond acceptors (Lipinski definition) is 8. The van der Waals surface area contributed by atoms with Crippen molar-refractivity contribution in [3.8, 4) is 0 Å². The van der Waals surface area contributed by atoms with Gasteiger partial charge >= 0.3 is 11.9 Å². The van der Waals surface area contributed by atoms with Gasteiger partial charge in [-0.2, -0.15) is 0 Å². The Morgan fingerprint density at radius 3 is 2.67 bits per heavy atom. The van der Waals surface area contributed by atoms with E-state index in [2.05, 4.69) is 25.6 Å². The van der Waals surface area contributed by atoms with Crippen LogP contribution in [0.2, 0.25) is 0 Å². The zero-order valence-corrected chi connectivity index (χ0v) is 15.9. The van der Waals surface area contributed by atoms with Crippen LogP contribution >= 0.6 is 23.2 Å². The summed E-state index contributed by atoms with van der Waals surface area (Å²) < 4.78 is 4.97. The molecule has 2 rings (SSSR count). The van der Waals surface area contributed by atoms with Gasteiger partial charge in [0.25, 0.3) is 0 Å². The molecule has 0 aliphatic carbocycles. The number of aromatic nitrogens is 4. The Hall–Kier alpha value is -2.66. The summed E-state index contributed by atoms with van der Waals surface area (Å²) in [5.41, 5.74) is 0. The third kappa shape index (κ3) is 5.93. The molecule has 0 radical (unpaired) electrons. The number of alkyl carbamates (subject to hydrolysis) is 1. The first-order chi connectivity index (χ1) is 12.7. The van der Waals surface area contributed by atoms with Crippen LogP contribution in [0.4, 0.5) is 16.6 Å². The molecule has 2 heterocycles. The number of hydrogen-bond donors (Lipinski definition) is 2.